The number of carbonyl (C=O) groups excluding carboxylic acids is 1. The lowest BCUT2D eigenvalue weighted by Gasteiger charge is -2.04. The van der Waals surface area contributed by atoms with E-state index in [0.29, 0.717) is 17.7 Å². The van der Waals surface area contributed by atoms with Crippen molar-refractivity contribution in [3.8, 4) is 6.07 Å². The molecule has 19 heavy (non-hydrogen) atoms. The first-order valence-electron chi connectivity index (χ1n) is 5.71. The van der Waals surface area contributed by atoms with Gasteiger partial charge in [0.05, 0.1) is 15.4 Å². The van der Waals surface area contributed by atoms with Crippen LogP contribution in [0.2, 0.25) is 0 Å². The molecule has 0 spiro atoms. The molecule has 0 saturated carbocycles. The third-order valence-corrected chi connectivity index (χ3v) is 4.22. The van der Waals surface area contributed by atoms with Crippen LogP contribution >= 0.6 is 27.3 Å². The van der Waals surface area contributed by atoms with E-state index in [2.05, 4.69) is 21.2 Å². The van der Waals surface area contributed by atoms with E-state index in [4.69, 9.17) is 5.26 Å². The van der Waals surface area contributed by atoms with Gasteiger partial charge in [-0.25, -0.2) is 0 Å². The molecule has 1 amide bonds. The van der Waals surface area contributed by atoms with Gasteiger partial charge in [0.1, 0.15) is 0 Å². The van der Waals surface area contributed by atoms with E-state index in [1.54, 1.807) is 35.6 Å². The molecule has 0 radical (unpaired) electrons. The third kappa shape index (κ3) is 3.91. The first-order valence-corrected chi connectivity index (χ1v) is 7.32. The summed E-state index contributed by atoms with van der Waals surface area (Å²) in [6.45, 7) is 0.586. The minimum absolute atomic E-state index is 0.146. The van der Waals surface area contributed by atoms with Crippen molar-refractivity contribution in [2.45, 2.75) is 6.42 Å². The normalized spacial score (nSPS) is 9.89. The van der Waals surface area contributed by atoms with Gasteiger partial charge < -0.3 is 5.32 Å². The number of amides is 1. The van der Waals surface area contributed by atoms with Gasteiger partial charge in [0.2, 0.25) is 0 Å². The van der Waals surface area contributed by atoms with Crippen LogP contribution in [0.5, 0.6) is 0 Å². The number of nitriles is 1. The minimum atomic E-state index is -0.146. The van der Waals surface area contributed by atoms with Crippen molar-refractivity contribution in [1.29, 1.82) is 5.26 Å². The molecule has 0 saturated heterocycles. The summed E-state index contributed by atoms with van der Waals surface area (Å²) in [5, 5.41) is 11.6. The SMILES string of the molecule is N#Cc1cccc(C(=O)NCCc2ccc(Br)s2)c1. The summed E-state index contributed by atoms with van der Waals surface area (Å²) < 4.78 is 1.09. The summed E-state index contributed by atoms with van der Waals surface area (Å²) in [5.74, 6) is -0.146. The Morgan fingerprint density at radius 3 is 2.89 bits per heavy atom. The summed E-state index contributed by atoms with van der Waals surface area (Å²) in [7, 11) is 0. The molecule has 1 heterocycles. The summed E-state index contributed by atoms with van der Waals surface area (Å²) in [6.07, 6.45) is 0.806. The van der Waals surface area contributed by atoms with E-state index in [9.17, 15) is 4.79 Å². The second kappa shape index (κ2) is 6.50. The molecule has 2 rings (SSSR count). The fourth-order valence-electron chi connectivity index (χ4n) is 1.62. The Hall–Kier alpha value is -1.64. The molecule has 0 aliphatic carbocycles. The number of halogens is 1. The van der Waals surface area contributed by atoms with Gasteiger partial charge >= 0.3 is 0 Å². The Morgan fingerprint density at radius 2 is 2.21 bits per heavy atom. The number of nitrogens with zero attached hydrogens (tertiary/aromatic N) is 1. The predicted octanol–water partition coefficient (Wildman–Crippen LogP) is 3.35. The van der Waals surface area contributed by atoms with Gasteiger partial charge in [0.15, 0.2) is 0 Å². The van der Waals surface area contributed by atoms with Crippen LogP contribution in [0.4, 0.5) is 0 Å². The van der Waals surface area contributed by atoms with Crippen LogP contribution in [0.3, 0.4) is 0 Å². The van der Waals surface area contributed by atoms with Crippen LogP contribution in [0.1, 0.15) is 20.8 Å². The van der Waals surface area contributed by atoms with Crippen LogP contribution in [-0.2, 0) is 6.42 Å². The molecule has 0 unspecified atom stereocenters. The van der Waals surface area contributed by atoms with Gasteiger partial charge in [0.25, 0.3) is 5.91 Å². The van der Waals surface area contributed by atoms with E-state index in [1.165, 1.54) is 4.88 Å². The molecule has 0 bridgehead atoms. The molecular weight excluding hydrogens is 324 g/mol. The maximum atomic E-state index is 11.9. The van der Waals surface area contributed by atoms with Crippen LogP contribution in [0.25, 0.3) is 0 Å². The number of benzene rings is 1. The van der Waals surface area contributed by atoms with Crippen LogP contribution < -0.4 is 5.32 Å². The van der Waals surface area contributed by atoms with E-state index >= 15 is 0 Å². The average molecular weight is 335 g/mol. The Labute approximate surface area is 124 Å². The zero-order valence-corrected chi connectivity index (χ0v) is 12.4. The summed E-state index contributed by atoms with van der Waals surface area (Å²) >= 11 is 5.07. The number of thiophene rings is 1. The van der Waals surface area contributed by atoms with Gasteiger partial charge in [0, 0.05) is 17.0 Å². The molecular formula is C14H11BrN2OS. The largest absolute Gasteiger partial charge is 0.352 e. The number of hydrogen-bond acceptors (Lipinski definition) is 3. The zero-order valence-electron chi connectivity index (χ0n) is 10.0. The highest BCUT2D eigenvalue weighted by Gasteiger charge is 2.06. The topological polar surface area (TPSA) is 52.9 Å². The van der Waals surface area contributed by atoms with Crippen LogP contribution in [0, 0.1) is 11.3 Å². The van der Waals surface area contributed by atoms with Gasteiger partial charge in [-0.05, 0) is 52.7 Å². The molecule has 1 aromatic carbocycles. The van der Waals surface area contributed by atoms with Crippen molar-refractivity contribution >= 4 is 33.2 Å². The van der Waals surface area contributed by atoms with Gasteiger partial charge in [-0.3, -0.25) is 4.79 Å². The van der Waals surface area contributed by atoms with Gasteiger partial charge in [-0.2, -0.15) is 5.26 Å². The molecule has 1 aromatic heterocycles. The number of nitrogens with one attached hydrogen (secondary N) is 1. The number of rotatable bonds is 4. The Morgan fingerprint density at radius 1 is 1.37 bits per heavy atom. The quantitative estimate of drug-likeness (QED) is 0.932. The van der Waals surface area contributed by atoms with Crippen molar-refractivity contribution < 1.29 is 4.79 Å². The first-order chi connectivity index (χ1) is 9.19. The Balaban J connectivity index is 1.89. The lowest BCUT2D eigenvalue weighted by Crippen LogP contribution is -2.25. The molecule has 0 aliphatic rings. The Bertz CT molecular complexity index is 630. The number of carbonyl (C=O) groups is 1. The van der Waals surface area contributed by atoms with E-state index in [1.807, 2.05) is 18.2 Å². The minimum Gasteiger partial charge on any atom is -0.352 e. The molecule has 0 aliphatic heterocycles. The van der Waals surface area contributed by atoms with Crippen molar-refractivity contribution in [2.24, 2.45) is 0 Å². The molecule has 3 nitrogen and oxygen atoms in total. The second-order valence-electron chi connectivity index (χ2n) is 3.90. The van der Waals surface area contributed by atoms with Crippen molar-refractivity contribution in [2.75, 3.05) is 6.54 Å². The van der Waals surface area contributed by atoms with E-state index in [0.717, 1.165) is 10.2 Å². The molecule has 0 atom stereocenters. The lowest BCUT2D eigenvalue weighted by molar-refractivity contribution is 0.0954. The predicted molar refractivity (Wildman–Crippen MR) is 79.2 cm³/mol. The van der Waals surface area contributed by atoms with Crippen molar-refractivity contribution in [3.63, 3.8) is 0 Å². The molecule has 1 N–H and O–H groups in total. The fourth-order valence-corrected chi connectivity index (χ4v) is 3.10. The van der Waals surface area contributed by atoms with Gasteiger partial charge in [-0.15, -0.1) is 11.3 Å². The summed E-state index contributed by atoms with van der Waals surface area (Å²) in [5.41, 5.74) is 1.02. The molecule has 0 fully saturated rings. The highest BCUT2D eigenvalue weighted by Crippen LogP contribution is 2.22. The van der Waals surface area contributed by atoms with E-state index < -0.39 is 0 Å². The summed E-state index contributed by atoms with van der Waals surface area (Å²) in [6, 6.07) is 12.8. The Kier molecular flexibility index (Phi) is 4.72. The van der Waals surface area contributed by atoms with Crippen LogP contribution in [0.15, 0.2) is 40.2 Å². The third-order valence-electron chi connectivity index (χ3n) is 2.54. The summed E-state index contributed by atoms with van der Waals surface area (Å²) in [4.78, 5) is 13.1. The highest BCUT2D eigenvalue weighted by molar-refractivity contribution is 9.11. The molecule has 2 aromatic rings. The zero-order chi connectivity index (χ0) is 13.7. The van der Waals surface area contributed by atoms with Crippen molar-refractivity contribution in [1.82, 2.24) is 5.32 Å². The molecule has 5 heteroatoms. The van der Waals surface area contributed by atoms with Crippen LogP contribution in [-0.4, -0.2) is 12.5 Å². The number of hydrogen-bond donors (Lipinski definition) is 1. The highest BCUT2D eigenvalue weighted by atomic mass is 79.9. The maximum absolute atomic E-state index is 11.9. The fraction of sp³-hybridized carbons (Fsp3) is 0.143. The molecule has 96 valence electrons. The smallest absolute Gasteiger partial charge is 0.251 e. The monoisotopic (exact) mass is 334 g/mol. The first kappa shape index (κ1) is 13.8. The standard InChI is InChI=1S/C14H11BrN2OS/c15-13-5-4-12(19-13)6-7-17-14(18)11-3-1-2-10(8-11)9-16/h1-5,8H,6-7H2,(H,17,18). The lowest BCUT2D eigenvalue weighted by atomic mass is 10.1. The maximum Gasteiger partial charge on any atom is 0.251 e. The van der Waals surface area contributed by atoms with Crippen molar-refractivity contribution in [3.05, 3.63) is 56.2 Å². The average Bonchev–Trinajstić information content (AvgIpc) is 2.84. The van der Waals surface area contributed by atoms with Gasteiger partial charge in [-0.1, -0.05) is 6.07 Å². The van der Waals surface area contributed by atoms with E-state index in [-0.39, 0.29) is 5.91 Å². The second-order valence-corrected chi connectivity index (χ2v) is 6.45.